The normalized spacial score (nSPS) is 15.7. The molecule has 1 fully saturated rings. The molecule has 1 saturated carbocycles. The van der Waals surface area contributed by atoms with E-state index in [2.05, 4.69) is 5.16 Å². The fourth-order valence-corrected chi connectivity index (χ4v) is 2.69. The highest BCUT2D eigenvalue weighted by atomic mass is 35.5. The van der Waals surface area contributed by atoms with E-state index in [0.717, 1.165) is 12.8 Å². The molecule has 0 unspecified atom stereocenters. The number of amides is 1. The number of halogens is 1. The molecule has 0 saturated heterocycles. The van der Waals surface area contributed by atoms with Crippen molar-refractivity contribution in [3.05, 3.63) is 21.3 Å². The minimum absolute atomic E-state index is 0.0276. The van der Waals surface area contributed by atoms with E-state index < -0.39 is 0 Å². The van der Waals surface area contributed by atoms with E-state index in [1.165, 1.54) is 11.3 Å². The molecule has 1 aliphatic carbocycles. The van der Waals surface area contributed by atoms with Crippen LogP contribution in [0.15, 0.2) is 17.3 Å². The summed E-state index contributed by atoms with van der Waals surface area (Å²) < 4.78 is 0.602. The van der Waals surface area contributed by atoms with Crippen LogP contribution in [0.25, 0.3) is 0 Å². The number of thiophene rings is 1. The van der Waals surface area contributed by atoms with Crippen LogP contribution in [0.2, 0.25) is 4.34 Å². The average Bonchev–Trinajstić information content (AvgIpc) is 3.10. The van der Waals surface area contributed by atoms with Crippen molar-refractivity contribution in [2.24, 2.45) is 10.9 Å². The van der Waals surface area contributed by atoms with E-state index in [1.54, 1.807) is 17.0 Å². The van der Waals surface area contributed by atoms with Crippen LogP contribution in [0.3, 0.4) is 0 Å². The van der Waals surface area contributed by atoms with Gasteiger partial charge in [-0.2, -0.15) is 0 Å². The highest BCUT2D eigenvalue weighted by molar-refractivity contribution is 7.17. The first-order chi connectivity index (χ1) is 8.61. The van der Waals surface area contributed by atoms with Gasteiger partial charge in [0.25, 0.3) is 5.91 Å². The van der Waals surface area contributed by atoms with Crippen molar-refractivity contribution in [2.45, 2.75) is 25.3 Å². The van der Waals surface area contributed by atoms with Gasteiger partial charge < -0.3 is 15.8 Å². The third-order valence-electron chi connectivity index (χ3n) is 2.77. The topological polar surface area (TPSA) is 78.9 Å². The number of nitrogens with two attached hydrogens (primary N) is 1. The number of carbonyl (C=O) groups is 1. The smallest absolute Gasteiger partial charge is 0.264 e. The second kappa shape index (κ2) is 5.58. The predicted molar refractivity (Wildman–Crippen MR) is 71.4 cm³/mol. The number of rotatable bonds is 5. The summed E-state index contributed by atoms with van der Waals surface area (Å²) in [4.78, 5) is 14.7. The molecule has 2 rings (SSSR count). The van der Waals surface area contributed by atoms with Crippen LogP contribution in [0.5, 0.6) is 0 Å². The maximum atomic E-state index is 12.3. The Morgan fingerprint density at radius 1 is 1.61 bits per heavy atom. The largest absolute Gasteiger partial charge is 0.409 e. The van der Waals surface area contributed by atoms with Gasteiger partial charge in [-0.3, -0.25) is 4.79 Å². The summed E-state index contributed by atoms with van der Waals surface area (Å²) in [7, 11) is 0. The van der Waals surface area contributed by atoms with E-state index in [1.807, 2.05) is 0 Å². The second-order valence-electron chi connectivity index (χ2n) is 4.17. The van der Waals surface area contributed by atoms with E-state index >= 15 is 0 Å². The lowest BCUT2D eigenvalue weighted by Crippen LogP contribution is -2.35. The molecule has 18 heavy (non-hydrogen) atoms. The van der Waals surface area contributed by atoms with Gasteiger partial charge in [-0.25, -0.2) is 0 Å². The zero-order valence-corrected chi connectivity index (χ0v) is 11.2. The Morgan fingerprint density at radius 2 is 2.33 bits per heavy atom. The number of carbonyl (C=O) groups excluding carboxylic acids is 1. The second-order valence-corrected chi connectivity index (χ2v) is 5.89. The standard InChI is InChI=1S/C11H14ClN3O2S/c12-9-4-3-8(18-9)11(16)15(7-1-2-7)6-5-10(13)14-17/h3-4,7,17H,1-2,5-6H2,(H2,13,14). The average molecular weight is 288 g/mol. The minimum Gasteiger partial charge on any atom is -0.409 e. The molecule has 1 aromatic heterocycles. The summed E-state index contributed by atoms with van der Waals surface area (Å²) in [6.45, 7) is 0.467. The molecule has 0 aliphatic heterocycles. The molecule has 0 spiro atoms. The summed E-state index contributed by atoms with van der Waals surface area (Å²) >= 11 is 7.10. The minimum atomic E-state index is -0.0276. The van der Waals surface area contributed by atoms with Gasteiger partial charge >= 0.3 is 0 Å². The van der Waals surface area contributed by atoms with E-state index in [4.69, 9.17) is 22.5 Å². The van der Waals surface area contributed by atoms with Gasteiger partial charge in [0.15, 0.2) is 0 Å². The number of amidine groups is 1. The number of nitrogens with zero attached hydrogens (tertiary/aromatic N) is 2. The molecule has 98 valence electrons. The third-order valence-corrected chi connectivity index (χ3v) is 3.99. The molecule has 1 amide bonds. The molecule has 5 nitrogen and oxygen atoms in total. The van der Waals surface area contributed by atoms with Gasteiger partial charge in [-0.05, 0) is 25.0 Å². The van der Waals surface area contributed by atoms with Crippen molar-refractivity contribution in [3.63, 3.8) is 0 Å². The number of hydrogen-bond acceptors (Lipinski definition) is 4. The molecular formula is C11H14ClN3O2S. The Balaban J connectivity index is 2.03. The van der Waals surface area contributed by atoms with Gasteiger partial charge in [0, 0.05) is 19.0 Å². The van der Waals surface area contributed by atoms with Gasteiger partial charge in [0.2, 0.25) is 0 Å². The van der Waals surface area contributed by atoms with Crippen LogP contribution in [0.4, 0.5) is 0 Å². The first kappa shape index (κ1) is 13.2. The first-order valence-electron chi connectivity index (χ1n) is 5.64. The molecule has 7 heteroatoms. The van der Waals surface area contributed by atoms with Crippen LogP contribution < -0.4 is 5.73 Å². The van der Waals surface area contributed by atoms with Gasteiger partial charge in [-0.1, -0.05) is 16.8 Å². The Labute approximate surface area is 114 Å². The van der Waals surface area contributed by atoms with E-state index in [9.17, 15) is 4.79 Å². The van der Waals surface area contributed by atoms with E-state index in [0.29, 0.717) is 22.2 Å². The van der Waals surface area contributed by atoms with Crippen LogP contribution in [0, 0.1) is 0 Å². The molecular weight excluding hydrogens is 274 g/mol. The van der Waals surface area contributed by atoms with Crippen molar-refractivity contribution < 1.29 is 10.0 Å². The quantitative estimate of drug-likeness (QED) is 0.377. The maximum absolute atomic E-state index is 12.3. The maximum Gasteiger partial charge on any atom is 0.264 e. The van der Waals surface area contributed by atoms with Crippen molar-refractivity contribution in [3.8, 4) is 0 Å². The Morgan fingerprint density at radius 3 is 2.83 bits per heavy atom. The molecule has 1 heterocycles. The first-order valence-corrected chi connectivity index (χ1v) is 6.84. The molecule has 0 bridgehead atoms. The zero-order chi connectivity index (χ0) is 13.1. The molecule has 0 atom stereocenters. The third kappa shape index (κ3) is 3.14. The molecule has 0 aromatic carbocycles. The van der Waals surface area contributed by atoms with Gasteiger partial charge in [-0.15, -0.1) is 11.3 Å². The molecule has 3 N–H and O–H groups in total. The molecule has 1 aliphatic rings. The fourth-order valence-electron chi connectivity index (χ4n) is 1.69. The Hall–Kier alpha value is -1.27. The van der Waals surface area contributed by atoms with Crippen LogP contribution in [-0.4, -0.2) is 34.4 Å². The Kier molecular flexibility index (Phi) is 4.08. The summed E-state index contributed by atoms with van der Waals surface area (Å²) in [6.07, 6.45) is 2.40. The lowest BCUT2D eigenvalue weighted by Gasteiger charge is -2.21. The van der Waals surface area contributed by atoms with Crippen LogP contribution >= 0.6 is 22.9 Å². The van der Waals surface area contributed by atoms with Crippen molar-refractivity contribution >= 4 is 34.7 Å². The summed E-state index contributed by atoms with van der Waals surface area (Å²) in [5.41, 5.74) is 5.43. The monoisotopic (exact) mass is 287 g/mol. The van der Waals surface area contributed by atoms with Crippen molar-refractivity contribution in [2.75, 3.05) is 6.54 Å². The SMILES string of the molecule is NC(CCN(C(=O)c1ccc(Cl)s1)C1CC1)=NO. The number of oxime groups is 1. The number of hydrogen-bond donors (Lipinski definition) is 2. The summed E-state index contributed by atoms with van der Waals surface area (Å²) in [5.74, 6) is 0.109. The van der Waals surface area contributed by atoms with Gasteiger partial charge in [0.05, 0.1) is 9.21 Å². The predicted octanol–water partition coefficient (Wildman–Crippen LogP) is 2.14. The highest BCUT2D eigenvalue weighted by Gasteiger charge is 2.33. The van der Waals surface area contributed by atoms with Crippen molar-refractivity contribution in [1.29, 1.82) is 0 Å². The van der Waals surface area contributed by atoms with E-state index in [-0.39, 0.29) is 17.8 Å². The lowest BCUT2D eigenvalue weighted by molar-refractivity contribution is 0.0752. The van der Waals surface area contributed by atoms with Gasteiger partial charge in [0.1, 0.15) is 5.84 Å². The Bertz CT molecular complexity index is 471. The lowest BCUT2D eigenvalue weighted by atomic mass is 10.3. The molecule has 1 aromatic rings. The fraction of sp³-hybridized carbons (Fsp3) is 0.455. The highest BCUT2D eigenvalue weighted by Crippen LogP contribution is 2.30. The van der Waals surface area contributed by atoms with Crippen molar-refractivity contribution in [1.82, 2.24) is 4.90 Å². The molecule has 0 radical (unpaired) electrons. The van der Waals surface area contributed by atoms with Crippen LogP contribution in [0.1, 0.15) is 28.9 Å². The summed E-state index contributed by atoms with van der Waals surface area (Å²) in [5, 5.41) is 11.4. The zero-order valence-electron chi connectivity index (χ0n) is 9.67. The van der Waals surface area contributed by atoms with Crippen LogP contribution in [-0.2, 0) is 0 Å². The summed E-state index contributed by atoms with van der Waals surface area (Å²) in [6, 6.07) is 3.73.